The first-order chi connectivity index (χ1) is 6.33. The Hall–Kier alpha value is -0.510. The highest BCUT2D eigenvalue weighted by molar-refractivity contribution is 14.0. The maximum absolute atomic E-state index is 2.39. The molecule has 14 heavy (non-hydrogen) atoms. The molecule has 2 rings (SSSR count). The van der Waals surface area contributed by atoms with E-state index in [-0.39, 0.29) is 24.0 Å². The Balaban J connectivity index is 0.000000980. The van der Waals surface area contributed by atoms with Gasteiger partial charge >= 0.3 is 0 Å². The molecule has 0 saturated heterocycles. The lowest BCUT2D eigenvalue weighted by Gasteiger charge is -2.28. The van der Waals surface area contributed by atoms with Crippen molar-refractivity contribution in [2.24, 2.45) is 0 Å². The molecule has 2 heteroatoms. The van der Waals surface area contributed by atoms with Crippen LogP contribution >= 0.6 is 24.0 Å². The van der Waals surface area contributed by atoms with Crippen molar-refractivity contribution in [1.82, 2.24) is 0 Å². The maximum atomic E-state index is 2.39. The van der Waals surface area contributed by atoms with Crippen molar-refractivity contribution in [3.05, 3.63) is 35.9 Å². The van der Waals surface area contributed by atoms with Crippen LogP contribution in [0.4, 0.5) is 5.69 Å². The molecule has 0 saturated carbocycles. The molecule has 0 radical (unpaired) electrons. The molecular formula is C12H16IN. The Morgan fingerprint density at radius 1 is 1.29 bits per heavy atom. The predicted octanol–water partition coefficient (Wildman–Crippen LogP) is 3.55. The van der Waals surface area contributed by atoms with Gasteiger partial charge in [-0.25, -0.2) is 0 Å². The van der Waals surface area contributed by atoms with Gasteiger partial charge in [0.15, 0.2) is 0 Å². The van der Waals surface area contributed by atoms with E-state index in [1.54, 1.807) is 0 Å². The molecule has 0 fully saturated rings. The summed E-state index contributed by atoms with van der Waals surface area (Å²) in [6.45, 7) is 6.53. The van der Waals surface area contributed by atoms with Crippen LogP contribution in [0.5, 0.6) is 0 Å². The Kier molecular flexibility index (Phi) is 3.98. The molecule has 1 aliphatic rings. The van der Waals surface area contributed by atoms with E-state index in [1.807, 2.05) is 0 Å². The van der Waals surface area contributed by atoms with E-state index in [0.717, 1.165) is 13.1 Å². The van der Waals surface area contributed by atoms with Crippen molar-refractivity contribution >= 4 is 35.2 Å². The Bertz CT molecular complexity index is 344. The fourth-order valence-corrected chi connectivity index (χ4v) is 1.84. The largest absolute Gasteiger partial charge is 0.368 e. The number of hydrogen-bond donors (Lipinski definition) is 0. The van der Waals surface area contributed by atoms with Gasteiger partial charge in [0.25, 0.3) is 0 Å². The number of rotatable bonds is 1. The fourth-order valence-electron chi connectivity index (χ4n) is 1.84. The molecule has 0 atom stereocenters. The molecule has 1 heterocycles. The van der Waals surface area contributed by atoms with Crippen LogP contribution in [-0.2, 0) is 0 Å². The number of anilines is 1. The number of allylic oxidation sites excluding steroid dienone is 1. The zero-order valence-corrected chi connectivity index (χ0v) is 11.0. The quantitative estimate of drug-likeness (QED) is 0.717. The van der Waals surface area contributed by atoms with E-state index in [9.17, 15) is 0 Å². The second-order valence-corrected chi connectivity index (χ2v) is 3.44. The van der Waals surface area contributed by atoms with Crippen LogP contribution in [0.2, 0.25) is 0 Å². The average Bonchev–Trinajstić information content (AvgIpc) is 2.19. The molecule has 76 valence electrons. The minimum atomic E-state index is 0. The lowest BCUT2D eigenvalue weighted by Crippen LogP contribution is -2.26. The maximum Gasteiger partial charge on any atom is 0.0445 e. The van der Waals surface area contributed by atoms with Crippen molar-refractivity contribution in [2.75, 3.05) is 18.0 Å². The summed E-state index contributed by atoms with van der Waals surface area (Å²) in [6.07, 6.45) is 2.30. The Morgan fingerprint density at radius 2 is 2.00 bits per heavy atom. The highest BCUT2D eigenvalue weighted by Crippen LogP contribution is 2.30. The number of nitrogens with zero attached hydrogens (tertiary/aromatic N) is 1. The minimum absolute atomic E-state index is 0. The van der Waals surface area contributed by atoms with Crippen molar-refractivity contribution in [3.8, 4) is 0 Å². The SMILES string of the molecule is CCN1CC=C(C)c2ccccc21.I. The number of hydrogen-bond acceptors (Lipinski definition) is 1. The van der Waals surface area contributed by atoms with Gasteiger partial charge in [0.05, 0.1) is 0 Å². The summed E-state index contributed by atoms with van der Waals surface area (Å²) >= 11 is 0. The third-order valence-electron chi connectivity index (χ3n) is 2.67. The second-order valence-electron chi connectivity index (χ2n) is 3.44. The first kappa shape index (κ1) is 11.6. The van der Waals surface area contributed by atoms with Crippen molar-refractivity contribution < 1.29 is 0 Å². The molecule has 0 amide bonds. The van der Waals surface area contributed by atoms with E-state index in [4.69, 9.17) is 0 Å². The van der Waals surface area contributed by atoms with Crippen LogP contribution in [0.3, 0.4) is 0 Å². The third kappa shape index (κ3) is 1.95. The summed E-state index contributed by atoms with van der Waals surface area (Å²) in [5, 5.41) is 0. The van der Waals surface area contributed by atoms with Gasteiger partial charge < -0.3 is 4.90 Å². The predicted molar refractivity (Wildman–Crippen MR) is 73.4 cm³/mol. The fraction of sp³-hybridized carbons (Fsp3) is 0.333. The Morgan fingerprint density at radius 3 is 2.71 bits per heavy atom. The first-order valence-electron chi connectivity index (χ1n) is 4.84. The molecule has 0 unspecified atom stereocenters. The lowest BCUT2D eigenvalue weighted by atomic mass is 10.0. The molecule has 0 N–H and O–H groups in total. The monoisotopic (exact) mass is 301 g/mol. The number of para-hydroxylation sites is 1. The van der Waals surface area contributed by atoms with Crippen molar-refractivity contribution in [2.45, 2.75) is 13.8 Å². The van der Waals surface area contributed by atoms with Crippen LogP contribution in [-0.4, -0.2) is 13.1 Å². The number of benzene rings is 1. The van der Waals surface area contributed by atoms with Gasteiger partial charge in [-0.3, -0.25) is 0 Å². The number of fused-ring (bicyclic) bond motifs is 1. The Labute approximate surface area is 103 Å². The van der Waals surface area contributed by atoms with Crippen molar-refractivity contribution in [1.29, 1.82) is 0 Å². The zero-order chi connectivity index (χ0) is 9.26. The first-order valence-corrected chi connectivity index (χ1v) is 4.84. The molecule has 1 aromatic carbocycles. The van der Waals surface area contributed by atoms with Gasteiger partial charge in [-0.2, -0.15) is 0 Å². The number of likely N-dealkylation sites (N-methyl/N-ethyl adjacent to an activating group) is 1. The summed E-state index contributed by atoms with van der Waals surface area (Å²) in [4.78, 5) is 2.39. The van der Waals surface area contributed by atoms with Gasteiger partial charge in [0.2, 0.25) is 0 Å². The number of halogens is 1. The third-order valence-corrected chi connectivity index (χ3v) is 2.67. The average molecular weight is 301 g/mol. The van der Waals surface area contributed by atoms with E-state index in [0.29, 0.717) is 0 Å². The van der Waals surface area contributed by atoms with Crippen LogP contribution in [0.25, 0.3) is 5.57 Å². The molecule has 1 aliphatic heterocycles. The molecule has 0 aliphatic carbocycles. The highest BCUT2D eigenvalue weighted by atomic mass is 127. The minimum Gasteiger partial charge on any atom is -0.368 e. The standard InChI is InChI=1S/C12H15N.HI/c1-3-13-9-8-10(2)11-6-4-5-7-12(11)13;/h4-8H,3,9H2,1-2H3;1H. The molecule has 0 bridgehead atoms. The van der Waals surface area contributed by atoms with Gasteiger partial charge in [0.1, 0.15) is 0 Å². The second kappa shape index (κ2) is 4.82. The van der Waals surface area contributed by atoms with E-state index >= 15 is 0 Å². The van der Waals surface area contributed by atoms with Gasteiger partial charge in [0, 0.05) is 24.3 Å². The topological polar surface area (TPSA) is 3.24 Å². The summed E-state index contributed by atoms with van der Waals surface area (Å²) in [7, 11) is 0. The molecule has 1 aromatic rings. The zero-order valence-electron chi connectivity index (χ0n) is 8.66. The molecule has 0 spiro atoms. The van der Waals surface area contributed by atoms with Gasteiger partial charge in [-0.05, 0) is 25.5 Å². The van der Waals surface area contributed by atoms with Gasteiger partial charge in [-0.15, -0.1) is 24.0 Å². The molecule has 1 nitrogen and oxygen atoms in total. The van der Waals surface area contributed by atoms with Crippen molar-refractivity contribution in [3.63, 3.8) is 0 Å². The highest BCUT2D eigenvalue weighted by Gasteiger charge is 2.13. The summed E-state index contributed by atoms with van der Waals surface area (Å²) in [5.74, 6) is 0. The molecular weight excluding hydrogens is 285 g/mol. The molecule has 0 aromatic heterocycles. The summed E-state index contributed by atoms with van der Waals surface area (Å²) in [5.41, 5.74) is 4.17. The summed E-state index contributed by atoms with van der Waals surface area (Å²) < 4.78 is 0. The van der Waals surface area contributed by atoms with Gasteiger partial charge in [-0.1, -0.05) is 24.3 Å². The normalized spacial score (nSPS) is 14.1. The van der Waals surface area contributed by atoms with Crippen LogP contribution < -0.4 is 4.90 Å². The van der Waals surface area contributed by atoms with Crippen LogP contribution in [0.1, 0.15) is 19.4 Å². The smallest absolute Gasteiger partial charge is 0.0445 e. The van der Waals surface area contributed by atoms with Crippen LogP contribution in [0.15, 0.2) is 30.3 Å². The van der Waals surface area contributed by atoms with Crippen LogP contribution in [0, 0.1) is 0 Å². The van der Waals surface area contributed by atoms with E-state index in [2.05, 4.69) is 49.1 Å². The van der Waals surface area contributed by atoms with E-state index in [1.165, 1.54) is 16.8 Å². The lowest BCUT2D eigenvalue weighted by molar-refractivity contribution is 0.895. The van der Waals surface area contributed by atoms with E-state index < -0.39 is 0 Å². The summed E-state index contributed by atoms with van der Waals surface area (Å²) in [6, 6.07) is 8.62.